The molecule has 0 unspecified atom stereocenters. The molecule has 6 nitrogen and oxygen atoms in total. The van der Waals surface area contributed by atoms with Gasteiger partial charge in [-0.05, 0) is 65.7 Å². The third-order valence-electron chi connectivity index (χ3n) is 6.50. The van der Waals surface area contributed by atoms with Crippen LogP contribution in [0.4, 0.5) is 0 Å². The van der Waals surface area contributed by atoms with E-state index in [0.29, 0.717) is 42.6 Å². The Balaban J connectivity index is 1.62. The van der Waals surface area contributed by atoms with Crippen molar-refractivity contribution < 1.29 is 0 Å². The zero-order valence-electron chi connectivity index (χ0n) is 18.4. The molecule has 0 radical (unpaired) electrons. The van der Waals surface area contributed by atoms with Crippen LogP contribution in [0.5, 0.6) is 0 Å². The van der Waals surface area contributed by atoms with Crippen LogP contribution in [0.3, 0.4) is 0 Å². The normalized spacial score (nSPS) is 16.9. The molecule has 2 heterocycles. The van der Waals surface area contributed by atoms with Gasteiger partial charge < -0.3 is 4.57 Å². The average molecular weight is 441 g/mol. The summed E-state index contributed by atoms with van der Waals surface area (Å²) in [7, 11) is 0. The fraction of sp³-hybridized carbons (Fsp3) is 0.542. The Hall–Kier alpha value is -2.34. The lowest BCUT2D eigenvalue weighted by Gasteiger charge is -2.19. The summed E-state index contributed by atoms with van der Waals surface area (Å²) in [6.07, 6.45) is 4.38. The summed E-state index contributed by atoms with van der Waals surface area (Å²) in [4.78, 5) is 31.1. The molecule has 3 aromatic rings. The molecule has 2 saturated carbocycles. The van der Waals surface area contributed by atoms with Gasteiger partial charge in [-0.25, -0.2) is 4.79 Å². The van der Waals surface area contributed by atoms with E-state index in [1.54, 1.807) is 9.13 Å². The molecule has 5 rings (SSSR count). The van der Waals surface area contributed by atoms with Crippen LogP contribution in [0.1, 0.15) is 57.6 Å². The third kappa shape index (κ3) is 3.98. The molecule has 0 amide bonds. The quantitative estimate of drug-likeness (QED) is 0.540. The first-order valence-corrected chi connectivity index (χ1v) is 11.6. The molecule has 0 saturated heterocycles. The molecule has 2 fully saturated rings. The van der Waals surface area contributed by atoms with Gasteiger partial charge in [0.15, 0.2) is 11.2 Å². The minimum Gasteiger partial charge on any atom is -0.304 e. The summed E-state index contributed by atoms with van der Waals surface area (Å²) in [6.45, 7) is 8.09. The lowest BCUT2D eigenvalue weighted by molar-refractivity contribution is 0.519. The molecule has 0 spiro atoms. The van der Waals surface area contributed by atoms with E-state index >= 15 is 0 Å². The van der Waals surface area contributed by atoms with Gasteiger partial charge in [-0.3, -0.25) is 13.9 Å². The van der Waals surface area contributed by atoms with Crippen molar-refractivity contribution in [2.24, 2.45) is 11.8 Å². The van der Waals surface area contributed by atoms with Crippen molar-refractivity contribution in [1.29, 1.82) is 0 Å². The van der Waals surface area contributed by atoms with Crippen LogP contribution < -0.4 is 11.2 Å². The van der Waals surface area contributed by atoms with E-state index in [4.69, 9.17) is 11.6 Å². The molecule has 7 heteroatoms. The molecule has 1 aromatic carbocycles. The molecule has 0 bridgehead atoms. The van der Waals surface area contributed by atoms with Gasteiger partial charge in [0.25, 0.3) is 5.56 Å². The maximum atomic E-state index is 13.4. The van der Waals surface area contributed by atoms with E-state index in [9.17, 15) is 9.59 Å². The van der Waals surface area contributed by atoms with Gasteiger partial charge in [0, 0.05) is 13.1 Å². The lowest BCUT2D eigenvalue weighted by Crippen LogP contribution is -2.41. The number of fused-ring (bicyclic) bond motifs is 1. The Morgan fingerprint density at radius 2 is 1.52 bits per heavy atom. The summed E-state index contributed by atoms with van der Waals surface area (Å²) >= 11 is 6.53. The van der Waals surface area contributed by atoms with Gasteiger partial charge in [0.05, 0.1) is 6.54 Å². The summed E-state index contributed by atoms with van der Waals surface area (Å²) in [5.74, 6) is 0.913. The van der Waals surface area contributed by atoms with Crippen LogP contribution >= 0.6 is 11.6 Å². The van der Waals surface area contributed by atoms with E-state index in [0.717, 1.165) is 31.2 Å². The number of nitrogens with zero attached hydrogens (tertiary/aromatic N) is 4. The number of rotatable bonds is 6. The van der Waals surface area contributed by atoms with Crippen LogP contribution in [0.25, 0.3) is 11.2 Å². The van der Waals surface area contributed by atoms with E-state index in [1.165, 1.54) is 10.1 Å². The minimum absolute atomic E-state index is 0.0767. The molecule has 0 atom stereocenters. The lowest BCUT2D eigenvalue weighted by atomic mass is 9.87. The maximum absolute atomic E-state index is 13.4. The Morgan fingerprint density at radius 1 is 0.935 bits per heavy atom. The first kappa shape index (κ1) is 20.6. The van der Waals surface area contributed by atoms with Gasteiger partial charge in [-0.15, -0.1) is 0 Å². The van der Waals surface area contributed by atoms with Gasteiger partial charge >= 0.3 is 5.69 Å². The van der Waals surface area contributed by atoms with Crippen LogP contribution in [0.15, 0.2) is 33.9 Å². The highest BCUT2D eigenvalue weighted by molar-refractivity contribution is 6.29. The first-order chi connectivity index (χ1) is 14.7. The summed E-state index contributed by atoms with van der Waals surface area (Å²) < 4.78 is 4.86. The highest BCUT2D eigenvalue weighted by atomic mass is 35.5. The van der Waals surface area contributed by atoms with Crippen LogP contribution in [-0.4, -0.2) is 18.7 Å². The molecule has 2 aromatic heterocycles. The summed E-state index contributed by atoms with van der Waals surface area (Å²) in [6, 6.07) is 8.39. The molecule has 0 N–H and O–H groups in total. The number of hydrogen-bond acceptors (Lipinski definition) is 3. The summed E-state index contributed by atoms with van der Waals surface area (Å²) in [5, 5.41) is 0.250. The van der Waals surface area contributed by atoms with E-state index in [1.807, 2.05) is 0 Å². The smallest absolute Gasteiger partial charge is 0.304 e. The molecule has 164 valence electrons. The second-order valence-corrected chi connectivity index (χ2v) is 10.6. The van der Waals surface area contributed by atoms with Gasteiger partial charge in [0.2, 0.25) is 5.28 Å². The molecule has 2 aliphatic rings. The third-order valence-corrected chi connectivity index (χ3v) is 6.79. The standard InChI is InChI=1S/C24H29ClN4O2/c1-24(2,3)18-10-8-17(9-11-18)12-27-19-20(26-22(27)25)28(13-15-4-5-15)23(31)29(21(19)30)14-16-6-7-16/h8-11,15-16H,4-7,12-14H2,1-3H3. The Labute approximate surface area is 186 Å². The minimum atomic E-state index is -0.273. The maximum Gasteiger partial charge on any atom is 0.332 e. The number of halogens is 1. The average Bonchev–Trinajstić information content (AvgIpc) is 3.63. The zero-order chi connectivity index (χ0) is 21.9. The predicted octanol–water partition coefficient (Wildman–Crippen LogP) is 4.18. The number of aromatic nitrogens is 4. The van der Waals surface area contributed by atoms with Gasteiger partial charge in [-0.1, -0.05) is 45.0 Å². The van der Waals surface area contributed by atoms with Gasteiger partial charge in [0.1, 0.15) is 0 Å². The van der Waals surface area contributed by atoms with E-state index in [2.05, 4.69) is 50.0 Å². The molecule has 2 aliphatic carbocycles. The highest BCUT2D eigenvalue weighted by Gasteiger charge is 2.29. The zero-order valence-corrected chi connectivity index (χ0v) is 19.2. The van der Waals surface area contributed by atoms with Crippen LogP contribution in [0, 0.1) is 11.8 Å². The first-order valence-electron chi connectivity index (χ1n) is 11.2. The topological polar surface area (TPSA) is 61.8 Å². The van der Waals surface area contributed by atoms with Crippen molar-refractivity contribution in [3.05, 3.63) is 61.5 Å². The van der Waals surface area contributed by atoms with Crippen molar-refractivity contribution in [1.82, 2.24) is 18.7 Å². The fourth-order valence-electron chi connectivity index (χ4n) is 4.14. The number of benzene rings is 1. The monoisotopic (exact) mass is 440 g/mol. The Morgan fingerprint density at radius 3 is 2.06 bits per heavy atom. The van der Waals surface area contributed by atoms with Crippen molar-refractivity contribution in [3.63, 3.8) is 0 Å². The predicted molar refractivity (Wildman–Crippen MR) is 123 cm³/mol. The Bertz CT molecular complexity index is 1250. The van der Waals surface area contributed by atoms with Crippen molar-refractivity contribution in [2.45, 2.75) is 71.5 Å². The van der Waals surface area contributed by atoms with Crippen molar-refractivity contribution in [2.75, 3.05) is 0 Å². The number of imidazole rings is 1. The largest absolute Gasteiger partial charge is 0.332 e. The SMILES string of the molecule is CC(C)(C)c1ccc(Cn2c(Cl)nc3c2c(=O)n(CC2CC2)c(=O)n3CC2CC2)cc1. The van der Waals surface area contributed by atoms with Gasteiger partial charge in [-0.2, -0.15) is 4.98 Å². The van der Waals surface area contributed by atoms with Crippen LogP contribution in [-0.2, 0) is 25.0 Å². The highest BCUT2D eigenvalue weighted by Crippen LogP contribution is 2.32. The second-order valence-electron chi connectivity index (χ2n) is 10.3. The molecular weight excluding hydrogens is 412 g/mol. The molecular formula is C24H29ClN4O2. The fourth-order valence-corrected chi connectivity index (χ4v) is 4.37. The molecule has 0 aliphatic heterocycles. The van der Waals surface area contributed by atoms with Crippen LogP contribution in [0.2, 0.25) is 5.28 Å². The number of hydrogen-bond donors (Lipinski definition) is 0. The second kappa shape index (κ2) is 7.37. The van der Waals surface area contributed by atoms with E-state index < -0.39 is 0 Å². The van der Waals surface area contributed by atoms with E-state index in [-0.39, 0.29) is 21.9 Å². The Kier molecular flexibility index (Phi) is 4.88. The summed E-state index contributed by atoms with van der Waals surface area (Å²) in [5.41, 5.74) is 2.71. The molecule has 31 heavy (non-hydrogen) atoms. The van der Waals surface area contributed by atoms with Crippen molar-refractivity contribution in [3.8, 4) is 0 Å². The van der Waals surface area contributed by atoms with Crippen molar-refractivity contribution >= 4 is 22.8 Å².